The molecule has 2 aromatic rings. The number of carbonyl (C=O) groups is 2. The van der Waals surface area contributed by atoms with Crippen molar-refractivity contribution in [2.45, 2.75) is 13.8 Å². The summed E-state index contributed by atoms with van der Waals surface area (Å²) < 4.78 is 0. The van der Waals surface area contributed by atoms with Gasteiger partial charge < -0.3 is 4.90 Å². The number of allylic oxidation sites excluding steroid dienone is 2. The number of likely N-dealkylation sites (N-methyl/N-ethyl adjacent to an activating group) is 1. The molecule has 0 spiro atoms. The lowest BCUT2D eigenvalue weighted by atomic mass is 10.0. The van der Waals surface area contributed by atoms with Crippen molar-refractivity contribution in [3.8, 4) is 0 Å². The third-order valence-electron chi connectivity index (χ3n) is 3.84. The first-order chi connectivity index (χ1) is 12.0. The van der Waals surface area contributed by atoms with Crippen LogP contribution in [-0.4, -0.2) is 29.6 Å². The summed E-state index contributed by atoms with van der Waals surface area (Å²) in [6.45, 7) is 5.13. The molecule has 0 aliphatic heterocycles. The monoisotopic (exact) mass is 375 g/mol. The minimum absolute atomic E-state index is 0.206. The van der Waals surface area contributed by atoms with Crippen molar-refractivity contribution in [2.75, 3.05) is 13.1 Å². The lowest BCUT2D eigenvalue weighted by molar-refractivity contribution is 0.0975. The minimum atomic E-state index is -0.235. The summed E-state index contributed by atoms with van der Waals surface area (Å²) in [6, 6.07) is 13.2. The highest BCUT2D eigenvalue weighted by molar-refractivity contribution is 6.31. The lowest BCUT2D eigenvalue weighted by Gasteiger charge is -2.23. The van der Waals surface area contributed by atoms with E-state index < -0.39 is 0 Å². The van der Waals surface area contributed by atoms with Crippen molar-refractivity contribution in [3.63, 3.8) is 0 Å². The van der Waals surface area contributed by atoms with Gasteiger partial charge in [-0.2, -0.15) is 0 Å². The third-order valence-corrected chi connectivity index (χ3v) is 4.34. The van der Waals surface area contributed by atoms with Crippen LogP contribution in [0.25, 0.3) is 0 Å². The van der Waals surface area contributed by atoms with Crippen molar-refractivity contribution in [1.29, 1.82) is 0 Å². The largest absolute Gasteiger partial charge is 0.369 e. The predicted molar refractivity (Wildman–Crippen MR) is 103 cm³/mol. The molecule has 0 aliphatic carbocycles. The number of rotatable bonds is 7. The first-order valence-electron chi connectivity index (χ1n) is 8.03. The maximum absolute atomic E-state index is 12.9. The van der Waals surface area contributed by atoms with Crippen LogP contribution < -0.4 is 0 Å². The number of hydrogen-bond acceptors (Lipinski definition) is 3. The number of carbonyl (C=O) groups excluding carboxylic acids is 2. The van der Waals surface area contributed by atoms with E-state index in [0.717, 1.165) is 0 Å². The van der Waals surface area contributed by atoms with Crippen LogP contribution in [0.5, 0.6) is 0 Å². The van der Waals surface area contributed by atoms with Crippen molar-refractivity contribution >= 4 is 34.8 Å². The second-order valence-corrected chi connectivity index (χ2v) is 6.28. The van der Waals surface area contributed by atoms with Crippen LogP contribution in [-0.2, 0) is 0 Å². The molecule has 0 heterocycles. The molecule has 0 fully saturated rings. The topological polar surface area (TPSA) is 37.4 Å². The van der Waals surface area contributed by atoms with Gasteiger partial charge in [-0.05, 0) is 62.4 Å². The van der Waals surface area contributed by atoms with E-state index in [1.165, 1.54) is 6.08 Å². The first kappa shape index (κ1) is 19.2. The molecule has 0 aromatic heterocycles. The van der Waals surface area contributed by atoms with Gasteiger partial charge in [0.2, 0.25) is 5.78 Å². The standard InChI is InChI=1S/C20H19Cl2NO2/c1-3-23(4-2)18(20(25)15-7-11-17(22)12-8-15)13-19(24)14-5-9-16(21)10-6-14/h5-13H,3-4H2,1-2H3/b18-13-. The number of ketones is 2. The fourth-order valence-corrected chi connectivity index (χ4v) is 2.69. The Hall–Kier alpha value is -2.10. The molecule has 2 aromatic carbocycles. The van der Waals surface area contributed by atoms with Crippen LogP contribution in [0.1, 0.15) is 34.6 Å². The highest BCUT2D eigenvalue weighted by Crippen LogP contribution is 2.18. The summed E-state index contributed by atoms with van der Waals surface area (Å²) in [7, 11) is 0. The Bertz CT molecular complexity index is 776. The Kier molecular flexibility index (Phi) is 6.80. The van der Waals surface area contributed by atoms with Crippen LogP contribution in [0.4, 0.5) is 0 Å². The Balaban J connectivity index is 2.41. The van der Waals surface area contributed by atoms with Crippen molar-refractivity contribution in [2.24, 2.45) is 0 Å². The molecule has 5 heteroatoms. The summed E-state index contributed by atoms with van der Waals surface area (Å²) in [5, 5.41) is 1.11. The fraction of sp³-hybridized carbons (Fsp3) is 0.200. The molecule has 0 atom stereocenters. The Morgan fingerprint density at radius 1 is 0.840 bits per heavy atom. The van der Waals surface area contributed by atoms with Crippen molar-refractivity contribution < 1.29 is 9.59 Å². The minimum Gasteiger partial charge on any atom is -0.369 e. The highest BCUT2D eigenvalue weighted by atomic mass is 35.5. The van der Waals surface area contributed by atoms with E-state index in [-0.39, 0.29) is 11.6 Å². The maximum atomic E-state index is 12.9. The van der Waals surface area contributed by atoms with Gasteiger partial charge in [0.05, 0.1) is 5.70 Å². The number of hydrogen-bond donors (Lipinski definition) is 0. The zero-order chi connectivity index (χ0) is 18.4. The number of Topliss-reactive ketones (excluding diaryl/α,β-unsaturated/α-hetero) is 1. The van der Waals surface area contributed by atoms with E-state index in [9.17, 15) is 9.59 Å². The van der Waals surface area contributed by atoms with Crippen LogP contribution >= 0.6 is 23.2 Å². The van der Waals surface area contributed by atoms with Gasteiger partial charge in [0.15, 0.2) is 5.78 Å². The second kappa shape index (κ2) is 8.84. The smallest absolute Gasteiger partial charge is 0.209 e. The summed E-state index contributed by atoms with van der Waals surface area (Å²) in [6.07, 6.45) is 1.40. The zero-order valence-electron chi connectivity index (χ0n) is 14.1. The van der Waals surface area contributed by atoms with Crippen LogP contribution in [0.15, 0.2) is 60.3 Å². The molecule has 0 N–H and O–H groups in total. The molecule has 0 bridgehead atoms. The Labute approximate surface area is 157 Å². The fourth-order valence-electron chi connectivity index (χ4n) is 2.44. The molecular weight excluding hydrogens is 357 g/mol. The molecule has 0 aliphatic rings. The first-order valence-corrected chi connectivity index (χ1v) is 8.78. The van der Waals surface area contributed by atoms with Gasteiger partial charge in [-0.25, -0.2) is 0 Å². The van der Waals surface area contributed by atoms with Gasteiger partial charge in [0, 0.05) is 40.3 Å². The molecule has 0 saturated carbocycles. The molecule has 0 amide bonds. The molecule has 3 nitrogen and oxygen atoms in total. The van der Waals surface area contributed by atoms with Crippen molar-refractivity contribution in [1.82, 2.24) is 4.90 Å². The predicted octanol–water partition coefficient (Wildman–Crippen LogP) is 5.28. The van der Waals surface area contributed by atoms with E-state index >= 15 is 0 Å². The summed E-state index contributed by atoms with van der Waals surface area (Å²) in [5.74, 6) is -0.441. The van der Waals surface area contributed by atoms with E-state index in [4.69, 9.17) is 23.2 Å². The van der Waals surface area contributed by atoms with E-state index in [1.54, 1.807) is 48.5 Å². The van der Waals surface area contributed by atoms with Crippen molar-refractivity contribution in [3.05, 3.63) is 81.5 Å². The Morgan fingerprint density at radius 2 is 1.28 bits per heavy atom. The highest BCUT2D eigenvalue weighted by Gasteiger charge is 2.19. The number of halogens is 2. The molecule has 130 valence electrons. The van der Waals surface area contributed by atoms with Gasteiger partial charge in [-0.15, -0.1) is 0 Å². The number of benzene rings is 2. The van der Waals surface area contributed by atoms with Gasteiger partial charge in [0.25, 0.3) is 0 Å². The number of nitrogens with zero attached hydrogens (tertiary/aromatic N) is 1. The normalized spacial score (nSPS) is 11.3. The zero-order valence-corrected chi connectivity index (χ0v) is 15.6. The lowest BCUT2D eigenvalue weighted by Crippen LogP contribution is -2.28. The summed E-state index contributed by atoms with van der Waals surface area (Å²) >= 11 is 11.7. The summed E-state index contributed by atoms with van der Waals surface area (Å²) in [5.41, 5.74) is 1.34. The van der Waals surface area contributed by atoms with Crippen LogP contribution in [0.3, 0.4) is 0 Å². The quantitative estimate of drug-likeness (QED) is 0.487. The van der Waals surface area contributed by atoms with Crippen LogP contribution in [0, 0.1) is 0 Å². The molecular formula is C20H19Cl2NO2. The van der Waals surface area contributed by atoms with E-state index in [1.807, 2.05) is 18.7 Å². The molecule has 2 rings (SSSR count). The van der Waals surface area contributed by atoms with Gasteiger partial charge in [-0.1, -0.05) is 23.2 Å². The summed E-state index contributed by atoms with van der Waals surface area (Å²) in [4.78, 5) is 27.3. The Morgan fingerprint density at radius 3 is 1.72 bits per heavy atom. The average molecular weight is 376 g/mol. The van der Waals surface area contributed by atoms with Gasteiger partial charge in [0.1, 0.15) is 0 Å². The second-order valence-electron chi connectivity index (χ2n) is 5.41. The van der Waals surface area contributed by atoms with E-state index in [0.29, 0.717) is 40.0 Å². The van der Waals surface area contributed by atoms with Gasteiger partial charge in [-0.3, -0.25) is 9.59 Å². The van der Waals surface area contributed by atoms with Crippen LogP contribution in [0.2, 0.25) is 10.0 Å². The average Bonchev–Trinajstić information content (AvgIpc) is 2.62. The molecule has 0 radical (unpaired) electrons. The SMILES string of the molecule is CCN(CC)/C(=C\C(=O)c1ccc(Cl)cc1)C(=O)c1ccc(Cl)cc1. The molecule has 0 saturated heterocycles. The third kappa shape index (κ3) is 4.94. The maximum Gasteiger partial charge on any atom is 0.209 e. The molecule has 0 unspecified atom stereocenters. The van der Waals surface area contributed by atoms with E-state index in [2.05, 4.69) is 0 Å². The molecule has 25 heavy (non-hydrogen) atoms. The van der Waals surface area contributed by atoms with Gasteiger partial charge >= 0.3 is 0 Å².